The van der Waals surface area contributed by atoms with E-state index in [1.807, 2.05) is 55.5 Å². The molecule has 1 aliphatic carbocycles. The Morgan fingerprint density at radius 1 is 0.800 bits per heavy atom. The topological polar surface area (TPSA) is 54.3 Å². The van der Waals surface area contributed by atoms with E-state index in [2.05, 4.69) is 78.2 Å². The van der Waals surface area contributed by atoms with E-state index in [4.69, 9.17) is 19.9 Å². The molecule has 5 nitrogen and oxygen atoms in total. The van der Waals surface area contributed by atoms with Crippen LogP contribution >= 0.6 is 0 Å². The zero-order valence-electron chi connectivity index (χ0n) is 22.1. The van der Waals surface area contributed by atoms with E-state index in [-0.39, 0.29) is 12.1 Å². The van der Waals surface area contributed by atoms with Crippen molar-refractivity contribution in [3.05, 3.63) is 145 Å². The highest BCUT2D eigenvalue weighted by Crippen LogP contribution is 2.44. The molecular weight excluding hydrogens is 490 g/mol. The predicted molar refractivity (Wildman–Crippen MR) is 164 cm³/mol. The smallest absolute Gasteiger partial charge is 0.164 e. The number of hydrogen-bond acceptors (Lipinski definition) is 5. The fourth-order valence-electron chi connectivity index (χ4n) is 5.55. The lowest BCUT2D eigenvalue weighted by Crippen LogP contribution is -2.41. The van der Waals surface area contributed by atoms with Gasteiger partial charge in [0.05, 0.1) is 17.8 Å². The number of amidine groups is 1. The van der Waals surface area contributed by atoms with Crippen LogP contribution in [0.3, 0.4) is 0 Å². The number of hydrogen-bond donors (Lipinski definition) is 0. The zero-order chi connectivity index (χ0) is 27.1. The van der Waals surface area contributed by atoms with Crippen LogP contribution in [0.15, 0.2) is 133 Å². The standard InChI is InChI=1S/C35H27N5/c1-3-4-6-13-23(2)32-37-33(24-14-7-5-8-15-24)39-34(38-32)25-20-21-31-29(22-25)36-35-28-18-10-9-16-26(28)27-17-11-12-19-30(27)40(31)35/h3-22,29,31H,1H2,2H3/b6-4-,23-13+/t29-,31-/m0/s1. The van der Waals surface area contributed by atoms with Gasteiger partial charge in [-0.25, -0.2) is 15.0 Å². The second-order valence-electron chi connectivity index (χ2n) is 9.99. The van der Waals surface area contributed by atoms with E-state index in [1.165, 1.54) is 22.4 Å². The quantitative estimate of drug-likeness (QED) is 0.260. The molecule has 2 aliphatic heterocycles. The van der Waals surface area contributed by atoms with Gasteiger partial charge < -0.3 is 4.90 Å². The highest BCUT2D eigenvalue weighted by atomic mass is 15.3. The van der Waals surface area contributed by atoms with Gasteiger partial charge in [0, 0.05) is 22.3 Å². The number of rotatable bonds is 5. The van der Waals surface area contributed by atoms with E-state index in [0.717, 1.165) is 22.5 Å². The Morgan fingerprint density at radius 3 is 2.35 bits per heavy atom. The van der Waals surface area contributed by atoms with Crippen LogP contribution in [0.1, 0.15) is 24.1 Å². The number of nitrogens with zero attached hydrogens (tertiary/aromatic N) is 5. The summed E-state index contributed by atoms with van der Waals surface area (Å²) in [7, 11) is 0. The Kier molecular flexibility index (Phi) is 5.90. The minimum absolute atomic E-state index is 0.0539. The van der Waals surface area contributed by atoms with E-state index >= 15 is 0 Å². The molecule has 3 aliphatic rings. The first-order valence-corrected chi connectivity index (χ1v) is 13.5. The highest BCUT2D eigenvalue weighted by Gasteiger charge is 2.41. The van der Waals surface area contributed by atoms with Crippen molar-refractivity contribution in [1.29, 1.82) is 0 Å². The minimum atomic E-state index is -0.0539. The molecule has 2 atom stereocenters. The van der Waals surface area contributed by atoms with Gasteiger partial charge in [0.2, 0.25) is 0 Å². The summed E-state index contributed by atoms with van der Waals surface area (Å²) in [6.45, 7) is 5.76. The predicted octanol–water partition coefficient (Wildman–Crippen LogP) is 7.32. The number of para-hydroxylation sites is 1. The van der Waals surface area contributed by atoms with E-state index in [0.29, 0.717) is 17.5 Å². The Morgan fingerprint density at radius 2 is 1.52 bits per heavy atom. The summed E-state index contributed by atoms with van der Waals surface area (Å²) in [5, 5.41) is 0. The van der Waals surface area contributed by atoms with E-state index < -0.39 is 0 Å². The summed E-state index contributed by atoms with van der Waals surface area (Å²) >= 11 is 0. The fraction of sp³-hybridized carbons (Fsp3) is 0.0857. The molecule has 0 spiro atoms. The van der Waals surface area contributed by atoms with Crippen molar-refractivity contribution in [2.75, 3.05) is 4.90 Å². The van der Waals surface area contributed by atoms with Gasteiger partial charge in [0.15, 0.2) is 17.5 Å². The molecule has 0 amide bonds. The van der Waals surface area contributed by atoms with Crippen LogP contribution in [0.2, 0.25) is 0 Å². The number of benzene rings is 3. The second kappa shape index (κ2) is 9.86. The Balaban J connectivity index is 1.32. The summed E-state index contributed by atoms with van der Waals surface area (Å²) in [5.74, 6) is 2.95. The first-order chi connectivity index (χ1) is 19.7. The van der Waals surface area contributed by atoms with Crippen LogP contribution in [-0.4, -0.2) is 32.9 Å². The lowest BCUT2D eigenvalue weighted by atomic mass is 9.91. The van der Waals surface area contributed by atoms with Crippen LogP contribution in [0.4, 0.5) is 5.69 Å². The van der Waals surface area contributed by atoms with Gasteiger partial charge in [-0.3, -0.25) is 4.99 Å². The lowest BCUT2D eigenvalue weighted by Gasteiger charge is -2.35. The number of aromatic nitrogens is 3. The van der Waals surface area contributed by atoms with Gasteiger partial charge >= 0.3 is 0 Å². The Bertz CT molecular complexity index is 1790. The average molecular weight is 518 g/mol. The largest absolute Gasteiger partial charge is 0.316 e. The molecule has 3 aromatic carbocycles. The molecule has 5 heteroatoms. The van der Waals surface area contributed by atoms with Crippen molar-refractivity contribution in [3.8, 4) is 22.5 Å². The zero-order valence-corrected chi connectivity index (χ0v) is 22.1. The molecule has 4 aromatic rings. The molecule has 0 unspecified atom stereocenters. The third kappa shape index (κ3) is 4.03. The normalized spacial score (nSPS) is 18.9. The van der Waals surface area contributed by atoms with Gasteiger partial charge in [-0.2, -0.15) is 0 Å². The number of allylic oxidation sites excluding steroid dienone is 7. The molecule has 1 aromatic heterocycles. The average Bonchev–Trinajstić information content (AvgIpc) is 3.41. The van der Waals surface area contributed by atoms with Gasteiger partial charge in [-0.05, 0) is 30.2 Å². The van der Waals surface area contributed by atoms with Gasteiger partial charge in [-0.15, -0.1) is 0 Å². The van der Waals surface area contributed by atoms with Crippen LogP contribution in [0.5, 0.6) is 0 Å². The van der Waals surface area contributed by atoms with Crippen LogP contribution in [-0.2, 0) is 0 Å². The molecule has 40 heavy (non-hydrogen) atoms. The highest BCUT2D eigenvalue weighted by molar-refractivity contribution is 6.20. The van der Waals surface area contributed by atoms with Crippen molar-refractivity contribution >= 4 is 22.7 Å². The summed E-state index contributed by atoms with van der Waals surface area (Å²) in [6, 6.07) is 27.2. The first-order valence-electron chi connectivity index (χ1n) is 13.5. The Hall–Kier alpha value is -5.16. The molecular formula is C35H27N5. The maximum Gasteiger partial charge on any atom is 0.164 e. The lowest BCUT2D eigenvalue weighted by molar-refractivity contribution is 0.740. The summed E-state index contributed by atoms with van der Waals surface area (Å²) in [4.78, 5) is 22.3. The molecule has 7 rings (SSSR count). The molecule has 0 saturated carbocycles. The maximum atomic E-state index is 5.25. The number of fused-ring (bicyclic) bond motifs is 8. The monoisotopic (exact) mass is 517 g/mol. The fourth-order valence-corrected chi connectivity index (χ4v) is 5.55. The van der Waals surface area contributed by atoms with Crippen molar-refractivity contribution in [2.24, 2.45) is 4.99 Å². The third-order valence-electron chi connectivity index (χ3n) is 7.46. The SMILES string of the molecule is C=C/C=C\C=C(/C)c1nc(C2=C[C@@H]3N=C4c5ccccc5-c5ccccc5N4[C@H]3C=C2)nc(-c2ccccc2)n1. The van der Waals surface area contributed by atoms with Crippen LogP contribution in [0.25, 0.3) is 33.7 Å². The molecule has 0 N–H and O–H groups in total. The second-order valence-corrected chi connectivity index (χ2v) is 9.99. The third-order valence-corrected chi connectivity index (χ3v) is 7.46. The molecule has 0 fully saturated rings. The van der Waals surface area contributed by atoms with Crippen molar-refractivity contribution in [2.45, 2.75) is 19.0 Å². The van der Waals surface area contributed by atoms with Crippen molar-refractivity contribution in [1.82, 2.24) is 15.0 Å². The molecule has 0 radical (unpaired) electrons. The first kappa shape index (κ1) is 23.9. The number of aliphatic imine (C=N–C) groups is 1. The summed E-state index contributed by atoms with van der Waals surface area (Å²) < 4.78 is 0. The molecule has 0 bridgehead atoms. The molecule has 0 saturated heterocycles. The maximum absolute atomic E-state index is 5.25. The molecule has 3 heterocycles. The molecule has 192 valence electrons. The summed E-state index contributed by atoms with van der Waals surface area (Å²) in [6.07, 6.45) is 14.1. The number of anilines is 1. The van der Waals surface area contributed by atoms with Crippen LogP contribution < -0.4 is 4.90 Å². The summed E-state index contributed by atoms with van der Waals surface area (Å²) in [5.41, 5.74) is 7.67. The van der Waals surface area contributed by atoms with E-state index in [1.54, 1.807) is 6.08 Å². The van der Waals surface area contributed by atoms with Gasteiger partial charge in [0.25, 0.3) is 0 Å². The van der Waals surface area contributed by atoms with Gasteiger partial charge in [-0.1, -0.05) is 116 Å². The van der Waals surface area contributed by atoms with Gasteiger partial charge in [0.1, 0.15) is 5.84 Å². The Labute approximate surface area is 234 Å². The van der Waals surface area contributed by atoms with Crippen molar-refractivity contribution in [3.63, 3.8) is 0 Å². The van der Waals surface area contributed by atoms with E-state index in [9.17, 15) is 0 Å². The van der Waals surface area contributed by atoms with Crippen LogP contribution in [0, 0.1) is 0 Å². The van der Waals surface area contributed by atoms with Crippen molar-refractivity contribution < 1.29 is 0 Å². The minimum Gasteiger partial charge on any atom is -0.316 e.